The van der Waals surface area contributed by atoms with Crippen LogP contribution in [-0.4, -0.2) is 9.36 Å². The molecule has 0 saturated carbocycles. The summed E-state index contributed by atoms with van der Waals surface area (Å²) < 4.78 is 5.41. The molecule has 0 saturated heterocycles. The molecular weight excluding hydrogens is 238 g/mol. The third-order valence-corrected chi connectivity index (χ3v) is 4.51. The zero-order chi connectivity index (χ0) is 11.0. The average Bonchev–Trinajstić information content (AvgIpc) is 2.89. The second kappa shape index (κ2) is 3.93. The summed E-state index contributed by atoms with van der Waals surface area (Å²) in [5, 5.41) is 1.21. The smallest absolute Gasteiger partial charge is 0.108 e. The van der Waals surface area contributed by atoms with Crippen LogP contribution in [0.3, 0.4) is 0 Å². The molecule has 0 spiro atoms. The molecule has 0 unspecified atom stereocenters. The van der Waals surface area contributed by atoms with Crippen molar-refractivity contribution in [2.24, 2.45) is 5.73 Å². The van der Waals surface area contributed by atoms with E-state index in [9.17, 15) is 0 Å². The molecule has 3 aromatic heterocycles. The molecule has 0 radical (unpaired) electrons. The number of hydrogen-bond acceptors (Lipinski definition) is 5. The molecule has 0 aliphatic heterocycles. The molecule has 16 heavy (non-hydrogen) atoms. The number of nitrogens with two attached hydrogens (primary N) is 1. The monoisotopic (exact) mass is 247 g/mol. The summed E-state index contributed by atoms with van der Waals surface area (Å²) in [4.78, 5) is 5.34. The Hall–Kier alpha value is -1.30. The van der Waals surface area contributed by atoms with Crippen LogP contribution in [0.1, 0.15) is 5.56 Å². The molecule has 0 aliphatic carbocycles. The van der Waals surface area contributed by atoms with E-state index in [1.165, 1.54) is 31.4 Å². The highest BCUT2D eigenvalue weighted by atomic mass is 32.2. The van der Waals surface area contributed by atoms with Gasteiger partial charge in [-0.1, -0.05) is 0 Å². The molecule has 3 heterocycles. The van der Waals surface area contributed by atoms with E-state index >= 15 is 0 Å². The van der Waals surface area contributed by atoms with Gasteiger partial charge in [-0.3, -0.25) is 4.98 Å². The number of thiophene rings is 1. The van der Waals surface area contributed by atoms with E-state index in [0.29, 0.717) is 6.54 Å². The Morgan fingerprint density at radius 1 is 1.31 bits per heavy atom. The zero-order valence-electron chi connectivity index (χ0n) is 8.38. The molecule has 3 aromatic rings. The summed E-state index contributed by atoms with van der Waals surface area (Å²) in [5.74, 6) is 0. The van der Waals surface area contributed by atoms with Crippen LogP contribution in [-0.2, 0) is 6.54 Å². The van der Waals surface area contributed by atoms with Crippen LogP contribution >= 0.6 is 22.9 Å². The van der Waals surface area contributed by atoms with Gasteiger partial charge in [0.2, 0.25) is 0 Å². The predicted octanol–water partition coefficient (Wildman–Crippen LogP) is 2.88. The molecule has 3 nitrogen and oxygen atoms in total. The first-order valence-corrected chi connectivity index (χ1v) is 6.45. The van der Waals surface area contributed by atoms with E-state index in [1.54, 1.807) is 17.5 Å². The van der Waals surface area contributed by atoms with Crippen LogP contribution < -0.4 is 5.73 Å². The van der Waals surface area contributed by atoms with Crippen LogP contribution in [0.2, 0.25) is 0 Å². The lowest BCUT2D eigenvalue weighted by atomic mass is 10.1. The van der Waals surface area contributed by atoms with Gasteiger partial charge >= 0.3 is 0 Å². The van der Waals surface area contributed by atoms with Crippen molar-refractivity contribution in [3.8, 4) is 10.4 Å². The van der Waals surface area contributed by atoms with Crippen LogP contribution in [0.15, 0.2) is 30.7 Å². The molecule has 0 fully saturated rings. The standard InChI is InChI=1S/C11H9N3S2/c12-4-8-5-13-2-1-9(8)10-3-7-6-14-16-11(7)15-10/h1-3,5-6H,4,12H2. The van der Waals surface area contributed by atoms with E-state index in [1.807, 2.05) is 18.5 Å². The van der Waals surface area contributed by atoms with Crippen molar-refractivity contribution < 1.29 is 0 Å². The minimum absolute atomic E-state index is 0.521. The largest absolute Gasteiger partial charge is 0.326 e. The first-order chi connectivity index (χ1) is 7.88. The van der Waals surface area contributed by atoms with Gasteiger partial charge in [0.25, 0.3) is 0 Å². The van der Waals surface area contributed by atoms with E-state index in [0.717, 1.165) is 5.56 Å². The fraction of sp³-hybridized carbons (Fsp3) is 0.0909. The maximum Gasteiger partial charge on any atom is 0.108 e. The summed E-state index contributed by atoms with van der Waals surface area (Å²) in [6.07, 6.45) is 5.55. The highest BCUT2D eigenvalue weighted by Gasteiger charge is 2.09. The maximum atomic E-state index is 5.71. The molecule has 3 rings (SSSR count). The molecule has 0 atom stereocenters. The number of aromatic nitrogens is 2. The third-order valence-electron chi connectivity index (χ3n) is 2.44. The topological polar surface area (TPSA) is 51.8 Å². The van der Waals surface area contributed by atoms with Crippen molar-refractivity contribution >= 4 is 32.3 Å². The SMILES string of the molecule is NCc1cnccc1-c1cc2cnsc2s1. The summed E-state index contributed by atoms with van der Waals surface area (Å²) in [5.41, 5.74) is 7.99. The van der Waals surface area contributed by atoms with Crippen molar-refractivity contribution in [2.75, 3.05) is 0 Å². The van der Waals surface area contributed by atoms with Gasteiger partial charge in [0.05, 0.1) is 0 Å². The number of hydrogen-bond donors (Lipinski definition) is 1. The second-order valence-corrected chi connectivity index (χ2v) is 5.53. The van der Waals surface area contributed by atoms with Crippen LogP contribution in [0.5, 0.6) is 0 Å². The lowest BCUT2D eigenvalue weighted by molar-refractivity contribution is 1.05. The van der Waals surface area contributed by atoms with Crippen LogP contribution in [0, 0.1) is 0 Å². The highest BCUT2D eigenvalue weighted by Crippen LogP contribution is 2.36. The van der Waals surface area contributed by atoms with Gasteiger partial charge in [-0.25, -0.2) is 0 Å². The minimum Gasteiger partial charge on any atom is -0.326 e. The fourth-order valence-corrected chi connectivity index (χ4v) is 3.59. The summed E-state index contributed by atoms with van der Waals surface area (Å²) in [6.45, 7) is 0.521. The van der Waals surface area contributed by atoms with Crippen LogP contribution in [0.25, 0.3) is 19.8 Å². The van der Waals surface area contributed by atoms with E-state index in [2.05, 4.69) is 15.4 Å². The molecule has 0 aliphatic rings. The Morgan fingerprint density at radius 2 is 2.25 bits per heavy atom. The highest BCUT2D eigenvalue weighted by molar-refractivity contribution is 7.37. The van der Waals surface area contributed by atoms with E-state index < -0.39 is 0 Å². The Morgan fingerprint density at radius 3 is 3.06 bits per heavy atom. The zero-order valence-corrected chi connectivity index (χ0v) is 10.0. The number of nitrogens with zero attached hydrogens (tertiary/aromatic N) is 2. The molecular formula is C11H9N3S2. The van der Waals surface area contributed by atoms with E-state index in [-0.39, 0.29) is 0 Å². The van der Waals surface area contributed by atoms with Gasteiger partial charge in [0, 0.05) is 35.4 Å². The lowest BCUT2D eigenvalue weighted by Gasteiger charge is -2.03. The average molecular weight is 247 g/mol. The van der Waals surface area contributed by atoms with Crippen molar-refractivity contribution in [1.82, 2.24) is 9.36 Å². The fourth-order valence-electron chi connectivity index (χ4n) is 1.64. The second-order valence-electron chi connectivity index (χ2n) is 3.42. The molecule has 0 aromatic carbocycles. The first kappa shape index (κ1) is 9.89. The first-order valence-electron chi connectivity index (χ1n) is 4.86. The van der Waals surface area contributed by atoms with Crippen molar-refractivity contribution in [2.45, 2.75) is 6.54 Å². The Balaban J connectivity index is 2.18. The van der Waals surface area contributed by atoms with Gasteiger partial charge in [-0.15, -0.1) is 11.3 Å². The Labute approximate surface area is 101 Å². The number of fused-ring (bicyclic) bond motifs is 1. The van der Waals surface area contributed by atoms with Crippen molar-refractivity contribution in [3.05, 3.63) is 36.3 Å². The van der Waals surface area contributed by atoms with Gasteiger partial charge in [0.15, 0.2) is 0 Å². The molecule has 2 N–H and O–H groups in total. The summed E-state index contributed by atoms with van der Waals surface area (Å²) >= 11 is 3.30. The van der Waals surface area contributed by atoms with Crippen LogP contribution in [0.4, 0.5) is 0 Å². The molecule has 5 heteroatoms. The molecule has 0 amide bonds. The minimum atomic E-state index is 0.521. The Bertz CT molecular complexity index is 598. The Kier molecular flexibility index (Phi) is 2.43. The summed E-state index contributed by atoms with van der Waals surface area (Å²) in [7, 11) is 0. The van der Waals surface area contributed by atoms with Gasteiger partial charge < -0.3 is 5.73 Å². The maximum absolute atomic E-state index is 5.71. The quantitative estimate of drug-likeness (QED) is 0.757. The van der Waals surface area contributed by atoms with Crippen molar-refractivity contribution in [1.29, 1.82) is 0 Å². The van der Waals surface area contributed by atoms with E-state index in [4.69, 9.17) is 5.73 Å². The molecule has 80 valence electrons. The molecule has 0 bridgehead atoms. The number of pyridine rings is 1. The van der Waals surface area contributed by atoms with Gasteiger partial charge in [-0.05, 0) is 34.8 Å². The normalized spacial score (nSPS) is 11.1. The third kappa shape index (κ3) is 1.53. The predicted molar refractivity (Wildman–Crippen MR) is 68.6 cm³/mol. The van der Waals surface area contributed by atoms with Crippen molar-refractivity contribution in [3.63, 3.8) is 0 Å². The number of rotatable bonds is 2. The van der Waals surface area contributed by atoms with Gasteiger partial charge in [0.1, 0.15) is 4.01 Å². The van der Waals surface area contributed by atoms with Gasteiger partial charge in [-0.2, -0.15) is 4.37 Å². The lowest BCUT2D eigenvalue weighted by Crippen LogP contribution is -1.98. The summed E-state index contributed by atoms with van der Waals surface area (Å²) in [6, 6.07) is 4.18.